The highest BCUT2D eigenvalue weighted by atomic mass is 16.7. The molecule has 1 fully saturated rings. The second-order valence-corrected chi connectivity index (χ2v) is 7.59. The van der Waals surface area contributed by atoms with Crippen LogP contribution >= 0.6 is 0 Å². The summed E-state index contributed by atoms with van der Waals surface area (Å²) in [6, 6.07) is 6.61. The van der Waals surface area contributed by atoms with Gasteiger partial charge in [0, 0.05) is 12.1 Å². The van der Waals surface area contributed by atoms with Crippen molar-refractivity contribution in [2.24, 2.45) is 5.92 Å². The van der Waals surface area contributed by atoms with Gasteiger partial charge in [-0.1, -0.05) is 20.3 Å². The second kappa shape index (κ2) is 12.3. The van der Waals surface area contributed by atoms with Gasteiger partial charge in [0.2, 0.25) is 6.79 Å². The molecular formula is C22H33NO7. The van der Waals surface area contributed by atoms with E-state index in [1.807, 2.05) is 18.2 Å². The summed E-state index contributed by atoms with van der Waals surface area (Å²) >= 11 is 0. The standard InChI is InChI=1S/C20H31NO3.C2H2O4/c1-3-5-17(4-2)21-11-8-16(9-12-21)10-13-22-18-6-7-19-20(14-18)24-15-23-19;3-1(4)2(5)6/h6-7,14,16-17H,3-5,8-13,15H2,1-2H3;(H,3,4)(H,5,6). The zero-order chi connectivity index (χ0) is 21.9. The Morgan fingerprint density at radius 2 is 1.80 bits per heavy atom. The Kier molecular flexibility index (Phi) is 9.73. The van der Waals surface area contributed by atoms with Crippen LogP contribution in [0, 0.1) is 5.92 Å². The maximum absolute atomic E-state index is 9.10. The average molecular weight is 424 g/mol. The third kappa shape index (κ3) is 7.40. The fraction of sp³-hybridized carbons (Fsp3) is 0.636. The average Bonchev–Trinajstić information content (AvgIpc) is 3.21. The van der Waals surface area contributed by atoms with Crippen LogP contribution in [0.25, 0.3) is 0 Å². The van der Waals surface area contributed by atoms with Crippen LogP contribution in [0.5, 0.6) is 17.2 Å². The molecule has 0 aliphatic carbocycles. The summed E-state index contributed by atoms with van der Waals surface area (Å²) in [5.74, 6) is -0.361. The minimum Gasteiger partial charge on any atom is -0.493 e. The quantitative estimate of drug-likeness (QED) is 0.611. The Labute approximate surface area is 177 Å². The number of benzene rings is 1. The molecule has 3 rings (SSSR count). The van der Waals surface area contributed by atoms with Crippen molar-refractivity contribution in [2.45, 2.75) is 58.4 Å². The second-order valence-electron chi connectivity index (χ2n) is 7.59. The monoisotopic (exact) mass is 423 g/mol. The summed E-state index contributed by atoms with van der Waals surface area (Å²) < 4.78 is 16.6. The van der Waals surface area contributed by atoms with E-state index in [4.69, 9.17) is 34.0 Å². The fourth-order valence-electron chi connectivity index (χ4n) is 3.89. The molecule has 2 N–H and O–H groups in total. The highest BCUT2D eigenvalue weighted by Gasteiger charge is 2.23. The van der Waals surface area contributed by atoms with Crippen molar-refractivity contribution >= 4 is 11.9 Å². The molecule has 1 aromatic carbocycles. The van der Waals surface area contributed by atoms with E-state index in [0.29, 0.717) is 6.79 Å². The molecule has 2 heterocycles. The largest absolute Gasteiger partial charge is 0.493 e. The molecule has 0 radical (unpaired) electrons. The molecule has 0 spiro atoms. The fourth-order valence-corrected chi connectivity index (χ4v) is 3.89. The maximum atomic E-state index is 9.10. The van der Waals surface area contributed by atoms with E-state index in [1.165, 1.54) is 45.2 Å². The maximum Gasteiger partial charge on any atom is 0.414 e. The summed E-state index contributed by atoms with van der Waals surface area (Å²) in [6.07, 6.45) is 7.68. The minimum atomic E-state index is -1.82. The molecule has 0 bridgehead atoms. The van der Waals surface area contributed by atoms with Crippen LogP contribution in [0.3, 0.4) is 0 Å². The number of aliphatic carboxylic acids is 2. The number of hydrogen-bond donors (Lipinski definition) is 2. The van der Waals surface area contributed by atoms with Crippen LogP contribution in [-0.4, -0.2) is 59.6 Å². The zero-order valence-electron chi connectivity index (χ0n) is 17.8. The van der Waals surface area contributed by atoms with Gasteiger partial charge in [-0.3, -0.25) is 0 Å². The molecule has 1 atom stereocenters. The van der Waals surface area contributed by atoms with Crippen molar-refractivity contribution in [2.75, 3.05) is 26.5 Å². The molecule has 1 unspecified atom stereocenters. The van der Waals surface area contributed by atoms with Crippen LogP contribution in [0.15, 0.2) is 18.2 Å². The third-order valence-electron chi connectivity index (χ3n) is 5.58. The molecule has 30 heavy (non-hydrogen) atoms. The first-order valence-electron chi connectivity index (χ1n) is 10.7. The van der Waals surface area contributed by atoms with Gasteiger partial charge in [0.15, 0.2) is 11.5 Å². The minimum absolute atomic E-state index is 0.314. The predicted molar refractivity (Wildman–Crippen MR) is 111 cm³/mol. The Morgan fingerprint density at radius 1 is 1.13 bits per heavy atom. The number of fused-ring (bicyclic) bond motifs is 1. The first-order valence-corrected chi connectivity index (χ1v) is 10.7. The summed E-state index contributed by atoms with van der Waals surface area (Å²) in [7, 11) is 0. The van der Waals surface area contributed by atoms with E-state index in [0.717, 1.165) is 42.2 Å². The lowest BCUT2D eigenvalue weighted by atomic mass is 9.92. The summed E-state index contributed by atoms with van der Waals surface area (Å²) in [5.41, 5.74) is 0. The smallest absolute Gasteiger partial charge is 0.414 e. The molecule has 8 nitrogen and oxygen atoms in total. The van der Waals surface area contributed by atoms with Gasteiger partial charge < -0.3 is 29.3 Å². The number of nitrogens with zero attached hydrogens (tertiary/aromatic N) is 1. The molecular weight excluding hydrogens is 390 g/mol. The Hall–Kier alpha value is -2.48. The number of ether oxygens (including phenoxy) is 3. The van der Waals surface area contributed by atoms with E-state index in [2.05, 4.69) is 18.7 Å². The molecule has 8 heteroatoms. The van der Waals surface area contributed by atoms with Crippen LogP contribution < -0.4 is 14.2 Å². The Balaban J connectivity index is 0.000000469. The van der Waals surface area contributed by atoms with Crippen LogP contribution in [0.2, 0.25) is 0 Å². The first kappa shape index (κ1) is 23.8. The normalized spacial score (nSPS) is 17.0. The van der Waals surface area contributed by atoms with Crippen molar-refractivity contribution in [1.82, 2.24) is 4.90 Å². The topological polar surface area (TPSA) is 106 Å². The number of likely N-dealkylation sites (tertiary alicyclic amines) is 1. The number of carboxylic acids is 2. The number of carbonyl (C=O) groups is 2. The molecule has 2 aliphatic heterocycles. The zero-order valence-corrected chi connectivity index (χ0v) is 17.8. The summed E-state index contributed by atoms with van der Waals surface area (Å²) in [4.78, 5) is 20.9. The van der Waals surface area contributed by atoms with Gasteiger partial charge in [-0.05, 0) is 63.2 Å². The molecule has 1 aromatic rings. The molecule has 0 saturated carbocycles. The number of hydrogen-bond acceptors (Lipinski definition) is 6. The van der Waals surface area contributed by atoms with E-state index >= 15 is 0 Å². The van der Waals surface area contributed by atoms with Gasteiger partial charge in [0.25, 0.3) is 0 Å². The van der Waals surface area contributed by atoms with Gasteiger partial charge >= 0.3 is 11.9 Å². The van der Waals surface area contributed by atoms with Crippen LogP contribution in [0.1, 0.15) is 52.4 Å². The van der Waals surface area contributed by atoms with Crippen molar-refractivity contribution in [3.63, 3.8) is 0 Å². The van der Waals surface area contributed by atoms with Crippen LogP contribution in [0.4, 0.5) is 0 Å². The highest BCUT2D eigenvalue weighted by molar-refractivity contribution is 6.27. The van der Waals surface area contributed by atoms with E-state index < -0.39 is 11.9 Å². The van der Waals surface area contributed by atoms with Crippen molar-refractivity contribution < 1.29 is 34.0 Å². The van der Waals surface area contributed by atoms with Gasteiger partial charge in [0.1, 0.15) is 5.75 Å². The lowest BCUT2D eigenvalue weighted by molar-refractivity contribution is -0.159. The predicted octanol–water partition coefficient (Wildman–Crippen LogP) is 3.63. The summed E-state index contributed by atoms with van der Waals surface area (Å²) in [5, 5.41) is 14.8. The first-order chi connectivity index (χ1) is 14.4. The molecule has 0 amide bonds. The molecule has 1 saturated heterocycles. The number of piperidine rings is 1. The van der Waals surface area contributed by atoms with E-state index in [9.17, 15) is 0 Å². The Morgan fingerprint density at radius 3 is 2.40 bits per heavy atom. The molecule has 0 aromatic heterocycles. The SMILES string of the molecule is CCCC(CC)N1CCC(CCOc2ccc3c(c2)OCO3)CC1.O=C(O)C(=O)O. The number of carboxylic acid groups (broad SMARTS) is 2. The van der Waals surface area contributed by atoms with Gasteiger partial charge in [-0.2, -0.15) is 0 Å². The molecule has 168 valence electrons. The van der Waals surface area contributed by atoms with Crippen molar-refractivity contribution in [3.05, 3.63) is 18.2 Å². The lowest BCUT2D eigenvalue weighted by Crippen LogP contribution is -2.41. The van der Waals surface area contributed by atoms with Gasteiger partial charge in [-0.15, -0.1) is 0 Å². The Bertz CT molecular complexity index is 674. The third-order valence-corrected chi connectivity index (χ3v) is 5.58. The van der Waals surface area contributed by atoms with E-state index in [-0.39, 0.29) is 0 Å². The van der Waals surface area contributed by atoms with Crippen LogP contribution in [-0.2, 0) is 9.59 Å². The van der Waals surface area contributed by atoms with Gasteiger partial charge in [0.05, 0.1) is 6.61 Å². The highest BCUT2D eigenvalue weighted by Crippen LogP contribution is 2.35. The summed E-state index contributed by atoms with van der Waals surface area (Å²) in [6.45, 7) is 8.24. The van der Waals surface area contributed by atoms with Gasteiger partial charge in [-0.25, -0.2) is 9.59 Å². The van der Waals surface area contributed by atoms with E-state index in [1.54, 1.807) is 0 Å². The van der Waals surface area contributed by atoms with Crippen molar-refractivity contribution in [3.8, 4) is 17.2 Å². The molecule has 2 aliphatic rings. The lowest BCUT2D eigenvalue weighted by Gasteiger charge is -2.37. The van der Waals surface area contributed by atoms with Crippen molar-refractivity contribution in [1.29, 1.82) is 0 Å². The number of rotatable bonds is 8.